The van der Waals surface area contributed by atoms with Crippen molar-refractivity contribution in [2.24, 2.45) is 0 Å². The first-order valence-corrected chi connectivity index (χ1v) is 7.35. The number of aryl methyl sites for hydroxylation is 1. The largest absolute Gasteiger partial charge is 0.309 e. The second-order valence-electron chi connectivity index (χ2n) is 4.18. The third-order valence-electron chi connectivity index (χ3n) is 2.85. The molecule has 1 heterocycles. The smallest absolute Gasteiger partial charge is 0.277 e. The molecule has 5 nitrogen and oxygen atoms in total. The molecule has 98 valence electrons. The first-order chi connectivity index (χ1) is 8.90. The normalized spacial score (nSPS) is 11.8. The molecule has 2 rings (SSSR count). The Kier molecular flexibility index (Phi) is 3.77. The maximum atomic E-state index is 11.7. The Morgan fingerprint density at radius 1 is 1.26 bits per heavy atom. The molecular formula is C12H13BN2O3S. The van der Waals surface area contributed by atoms with Crippen molar-refractivity contribution in [1.29, 1.82) is 0 Å². The molecule has 0 bridgehead atoms. The number of hydrogen-bond acceptors (Lipinski definition) is 3. The summed E-state index contributed by atoms with van der Waals surface area (Å²) in [6.07, 6.45) is 0. The second kappa shape index (κ2) is 5.18. The van der Waals surface area contributed by atoms with Crippen molar-refractivity contribution in [3.63, 3.8) is 0 Å². The summed E-state index contributed by atoms with van der Waals surface area (Å²) in [4.78, 5) is 11.7. The Morgan fingerprint density at radius 3 is 2.63 bits per heavy atom. The monoisotopic (exact) mass is 276 g/mol. The number of benzene rings is 1. The SMILES string of the molecule is [B]S(=O)(=O)NCc1ccc2c(ccc(=O)n2CC)c1. The van der Waals surface area contributed by atoms with Gasteiger partial charge in [0, 0.05) is 19.2 Å². The van der Waals surface area contributed by atoms with Crippen molar-refractivity contribution in [2.75, 3.05) is 0 Å². The third kappa shape index (κ3) is 3.24. The molecule has 0 aliphatic heterocycles. The van der Waals surface area contributed by atoms with E-state index < -0.39 is 9.87 Å². The fourth-order valence-electron chi connectivity index (χ4n) is 1.97. The van der Waals surface area contributed by atoms with Crippen molar-refractivity contribution < 1.29 is 8.42 Å². The topological polar surface area (TPSA) is 68.2 Å². The van der Waals surface area contributed by atoms with Crippen LogP contribution >= 0.6 is 0 Å². The van der Waals surface area contributed by atoms with Crippen LogP contribution in [0.15, 0.2) is 35.1 Å². The summed E-state index contributed by atoms with van der Waals surface area (Å²) in [6.45, 7) is 2.61. The molecule has 0 fully saturated rings. The van der Waals surface area contributed by atoms with E-state index in [-0.39, 0.29) is 12.1 Å². The van der Waals surface area contributed by atoms with E-state index >= 15 is 0 Å². The highest BCUT2D eigenvalue weighted by atomic mass is 32.2. The van der Waals surface area contributed by atoms with Crippen LogP contribution in [0, 0.1) is 0 Å². The van der Waals surface area contributed by atoms with Gasteiger partial charge in [-0.1, -0.05) is 6.07 Å². The Hall–Kier alpha value is -1.60. The van der Waals surface area contributed by atoms with Gasteiger partial charge in [0.05, 0.1) is 5.52 Å². The molecule has 0 spiro atoms. The van der Waals surface area contributed by atoms with Gasteiger partial charge in [-0.2, -0.15) is 0 Å². The van der Waals surface area contributed by atoms with Gasteiger partial charge in [-0.05, 0) is 36.1 Å². The van der Waals surface area contributed by atoms with Crippen molar-refractivity contribution in [2.45, 2.75) is 20.0 Å². The Labute approximate surface area is 112 Å². The first kappa shape index (κ1) is 13.8. The standard InChI is InChI=1S/C12H13BN2O3S/c1-2-15-11-5-3-9(8-14-19(13,17)18)7-10(11)4-6-12(15)16/h3-7,14H,2,8H2,1H3. The molecule has 1 aromatic heterocycles. The maximum Gasteiger partial charge on any atom is 0.277 e. The van der Waals surface area contributed by atoms with Gasteiger partial charge in [-0.3, -0.25) is 4.79 Å². The minimum atomic E-state index is -3.70. The molecule has 2 aromatic rings. The maximum absolute atomic E-state index is 11.7. The van der Waals surface area contributed by atoms with Crippen molar-refractivity contribution >= 4 is 27.9 Å². The van der Waals surface area contributed by atoms with Gasteiger partial charge in [0.25, 0.3) is 12.7 Å². The fourth-order valence-corrected chi connectivity index (χ4v) is 2.34. The predicted octanol–water partition coefficient (Wildman–Crippen LogP) is 0.524. The molecule has 19 heavy (non-hydrogen) atoms. The summed E-state index contributed by atoms with van der Waals surface area (Å²) in [5.41, 5.74) is 1.56. The van der Waals surface area contributed by atoms with E-state index in [9.17, 15) is 13.2 Å². The van der Waals surface area contributed by atoms with Crippen LogP contribution in [0.25, 0.3) is 10.9 Å². The summed E-state index contributed by atoms with van der Waals surface area (Å²) >= 11 is 0. The molecule has 2 radical (unpaired) electrons. The van der Waals surface area contributed by atoms with E-state index in [1.807, 2.05) is 13.0 Å². The van der Waals surface area contributed by atoms with Crippen LogP contribution in [0.5, 0.6) is 0 Å². The van der Waals surface area contributed by atoms with Crippen LogP contribution in [-0.4, -0.2) is 20.1 Å². The van der Waals surface area contributed by atoms with Crippen LogP contribution in [0.2, 0.25) is 0 Å². The summed E-state index contributed by atoms with van der Waals surface area (Å²) in [6, 6.07) is 8.64. The van der Waals surface area contributed by atoms with E-state index in [4.69, 9.17) is 7.12 Å². The van der Waals surface area contributed by atoms with Crippen molar-refractivity contribution in [3.8, 4) is 0 Å². The fraction of sp³-hybridized carbons (Fsp3) is 0.250. The summed E-state index contributed by atoms with van der Waals surface area (Å²) < 4.78 is 25.6. The van der Waals surface area contributed by atoms with Crippen molar-refractivity contribution in [1.82, 2.24) is 9.29 Å². The van der Waals surface area contributed by atoms with E-state index in [0.29, 0.717) is 6.54 Å². The van der Waals surface area contributed by atoms with E-state index in [0.717, 1.165) is 16.5 Å². The van der Waals surface area contributed by atoms with Gasteiger partial charge in [0.1, 0.15) is 9.87 Å². The Balaban J connectivity index is 2.42. The molecule has 0 amide bonds. The number of aromatic nitrogens is 1. The summed E-state index contributed by atoms with van der Waals surface area (Å²) in [5.74, 6) is 0. The van der Waals surface area contributed by atoms with E-state index in [1.165, 1.54) is 6.07 Å². The molecule has 1 N–H and O–H groups in total. The minimum Gasteiger partial charge on any atom is -0.309 e. The molecule has 1 aromatic carbocycles. The first-order valence-electron chi connectivity index (χ1n) is 5.80. The third-order valence-corrected chi connectivity index (χ3v) is 3.39. The molecule has 0 atom stereocenters. The van der Waals surface area contributed by atoms with Crippen LogP contribution in [0.3, 0.4) is 0 Å². The van der Waals surface area contributed by atoms with Gasteiger partial charge >= 0.3 is 0 Å². The van der Waals surface area contributed by atoms with Crippen LogP contribution in [-0.2, 0) is 23.0 Å². The van der Waals surface area contributed by atoms with Crippen LogP contribution in [0.4, 0.5) is 0 Å². The lowest BCUT2D eigenvalue weighted by molar-refractivity contribution is 0.596. The highest BCUT2D eigenvalue weighted by Gasteiger charge is 2.04. The second-order valence-corrected chi connectivity index (χ2v) is 5.55. The molecule has 0 aliphatic carbocycles. The molecule has 0 saturated carbocycles. The molecule has 0 unspecified atom stereocenters. The van der Waals surface area contributed by atoms with Gasteiger partial charge in [0.2, 0.25) is 0 Å². The molecule has 0 saturated heterocycles. The number of nitrogens with zero attached hydrogens (tertiary/aromatic N) is 1. The number of rotatable bonds is 4. The lowest BCUT2D eigenvalue weighted by Gasteiger charge is -2.09. The average molecular weight is 276 g/mol. The van der Waals surface area contributed by atoms with Gasteiger partial charge in [-0.25, -0.2) is 13.1 Å². The predicted molar refractivity (Wildman–Crippen MR) is 75.4 cm³/mol. The number of hydrogen-bond donors (Lipinski definition) is 1. The Morgan fingerprint density at radius 2 is 2.00 bits per heavy atom. The van der Waals surface area contributed by atoms with Gasteiger partial charge in [0.15, 0.2) is 0 Å². The molecular weight excluding hydrogens is 263 g/mol. The molecule has 7 heteroatoms. The van der Waals surface area contributed by atoms with E-state index in [2.05, 4.69) is 4.72 Å². The van der Waals surface area contributed by atoms with Crippen LogP contribution < -0.4 is 10.3 Å². The quantitative estimate of drug-likeness (QED) is 0.828. The summed E-state index contributed by atoms with van der Waals surface area (Å²) in [5, 5.41) is 0.884. The number of pyridine rings is 1. The summed E-state index contributed by atoms with van der Waals surface area (Å²) in [7, 11) is 1.18. The van der Waals surface area contributed by atoms with Gasteiger partial charge < -0.3 is 4.57 Å². The zero-order valence-corrected chi connectivity index (χ0v) is 11.3. The lowest BCUT2D eigenvalue weighted by atomic mass is 10.1. The zero-order valence-electron chi connectivity index (χ0n) is 10.5. The highest BCUT2D eigenvalue weighted by Crippen LogP contribution is 2.14. The van der Waals surface area contributed by atoms with Crippen molar-refractivity contribution in [3.05, 3.63) is 46.2 Å². The van der Waals surface area contributed by atoms with Crippen LogP contribution in [0.1, 0.15) is 12.5 Å². The zero-order chi connectivity index (χ0) is 14.0. The lowest BCUT2D eigenvalue weighted by Crippen LogP contribution is -2.22. The number of nitrogens with one attached hydrogen (secondary N) is 1. The minimum absolute atomic E-state index is 0.0505. The Bertz CT molecular complexity index is 768. The highest BCUT2D eigenvalue weighted by molar-refractivity contribution is 8.10. The van der Waals surface area contributed by atoms with Gasteiger partial charge in [-0.15, -0.1) is 0 Å². The van der Waals surface area contributed by atoms with E-state index in [1.54, 1.807) is 22.8 Å². The molecule has 0 aliphatic rings. The average Bonchev–Trinajstić information content (AvgIpc) is 2.35. The number of fused-ring (bicyclic) bond motifs is 1.